The molecule has 0 aliphatic carbocycles. The highest BCUT2D eigenvalue weighted by Crippen LogP contribution is 2.23. The van der Waals surface area contributed by atoms with Gasteiger partial charge in [-0.05, 0) is 47.1 Å². The molecule has 0 spiro atoms. The summed E-state index contributed by atoms with van der Waals surface area (Å²) in [4.78, 5) is 6.44. The Morgan fingerprint density at radius 1 is 1.00 bits per heavy atom. The molecule has 0 bridgehead atoms. The van der Waals surface area contributed by atoms with E-state index in [1.54, 1.807) is 13.3 Å². The Balaban J connectivity index is 1.89. The summed E-state index contributed by atoms with van der Waals surface area (Å²) in [5.74, 6) is 1.63. The predicted octanol–water partition coefficient (Wildman–Crippen LogP) is 3.93. The van der Waals surface area contributed by atoms with Crippen LogP contribution in [0.15, 0.2) is 72.9 Å². The summed E-state index contributed by atoms with van der Waals surface area (Å²) in [5.41, 5.74) is 9.38. The summed E-state index contributed by atoms with van der Waals surface area (Å²) in [6.07, 6.45) is 2.50. The monoisotopic (exact) mass is 363 g/mol. The number of nitrogens with zero attached hydrogens (tertiary/aromatic N) is 2. The van der Waals surface area contributed by atoms with Crippen LogP contribution in [0.3, 0.4) is 0 Å². The molecule has 3 aromatic rings. The number of anilines is 1. The first-order valence-electron chi connectivity index (χ1n) is 8.35. The van der Waals surface area contributed by atoms with Crippen LogP contribution in [0.5, 0.6) is 5.75 Å². The molecule has 0 radical (unpaired) electrons. The van der Waals surface area contributed by atoms with E-state index in [0.717, 1.165) is 29.1 Å². The summed E-state index contributed by atoms with van der Waals surface area (Å²) in [7, 11) is 1.66. The lowest BCUT2D eigenvalue weighted by Crippen LogP contribution is -2.36. The van der Waals surface area contributed by atoms with Gasteiger partial charge in [0.15, 0.2) is 5.11 Å². The molecule has 3 rings (SSSR count). The molecule has 0 aliphatic heterocycles. The lowest BCUT2D eigenvalue weighted by atomic mass is 10.0. The van der Waals surface area contributed by atoms with Crippen LogP contribution in [-0.4, -0.2) is 17.2 Å². The van der Waals surface area contributed by atoms with Crippen LogP contribution in [0.25, 0.3) is 0 Å². The number of nitrogens with two attached hydrogens (primary N) is 1. The number of ether oxygens (including phenoxy) is 1. The van der Waals surface area contributed by atoms with Gasteiger partial charge in [0.2, 0.25) is 0 Å². The Bertz CT molecular complexity index is 866. The summed E-state index contributed by atoms with van der Waals surface area (Å²) in [6, 6.07) is 22.1. The fourth-order valence-electron chi connectivity index (χ4n) is 2.80. The molecule has 0 unspecified atom stereocenters. The van der Waals surface area contributed by atoms with Crippen molar-refractivity contribution in [2.24, 2.45) is 5.73 Å². The van der Waals surface area contributed by atoms with Crippen molar-refractivity contribution >= 4 is 23.1 Å². The first kappa shape index (κ1) is 17.9. The summed E-state index contributed by atoms with van der Waals surface area (Å²) < 4.78 is 5.22. The summed E-state index contributed by atoms with van der Waals surface area (Å²) in [5, 5.41) is 0.309. The molecule has 2 N–H and O–H groups in total. The molecular formula is C21H21N3OS. The van der Waals surface area contributed by atoms with E-state index >= 15 is 0 Å². The number of hydrogen-bond donors (Lipinski definition) is 1. The maximum absolute atomic E-state index is 6.02. The normalized spacial score (nSPS) is 10.3. The summed E-state index contributed by atoms with van der Waals surface area (Å²) in [6.45, 7) is 0.586. The second-order valence-corrected chi connectivity index (χ2v) is 6.34. The molecule has 0 fully saturated rings. The van der Waals surface area contributed by atoms with E-state index in [0.29, 0.717) is 11.7 Å². The highest BCUT2D eigenvalue weighted by molar-refractivity contribution is 7.80. The number of aromatic nitrogens is 1. The van der Waals surface area contributed by atoms with Crippen molar-refractivity contribution in [3.8, 4) is 5.75 Å². The number of thiocarbonyl (C=S) groups is 1. The van der Waals surface area contributed by atoms with Crippen molar-refractivity contribution < 1.29 is 4.74 Å². The van der Waals surface area contributed by atoms with Gasteiger partial charge in [-0.1, -0.05) is 48.5 Å². The topological polar surface area (TPSA) is 51.4 Å². The van der Waals surface area contributed by atoms with Gasteiger partial charge in [-0.25, -0.2) is 4.98 Å². The van der Waals surface area contributed by atoms with Crippen LogP contribution in [0.4, 0.5) is 5.82 Å². The lowest BCUT2D eigenvalue weighted by molar-refractivity contribution is 0.414. The quantitative estimate of drug-likeness (QED) is 0.673. The van der Waals surface area contributed by atoms with Gasteiger partial charge >= 0.3 is 0 Å². The van der Waals surface area contributed by atoms with Gasteiger partial charge in [0, 0.05) is 12.6 Å². The second kappa shape index (κ2) is 8.45. The molecule has 2 aromatic carbocycles. The SMILES string of the molecule is COc1ccc(Cc2cccnc2N(Cc2ccccc2)C(N)=S)cc1. The Kier molecular flexibility index (Phi) is 5.81. The van der Waals surface area contributed by atoms with E-state index in [2.05, 4.69) is 35.3 Å². The minimum Gasteiger partial charge on any atom is -0.497 e. The average Bonchev–Trinajstić information content (AvgIpc) is 2.68. The molecule has 0 saturated heterocycles. The predicted molar refractivity (Wildman–Crippen MR) is 109 cm³/mol. The van der Waals surface area contributed by atoms with Crippen molar-refractivity contribution in [2.75, 3.05) is 12.0 Å². The molecular weight excluding hydrogens is 342 g/mol. The fourth-order valence-corrected chi connectivity index (χ4v) is 2.95. The first-order valence-corrected chi connectivity index (χ1v) is 8.76. The third-order valence-electron chi connectivity index (χ3n) is 4.13. The van der Waals surface area contributed by atoms with E-state index in [1.165, 1.54) is 5.56 Å². The molecule has 1 heterocycles. The maximum Gasteiger partial charge on any atom is 0.172 e. The third kappa shape index (κ3) is 4.37. The molecule has 132 valence electrons. The molecule has 1 aromatic heterocycles. The molecule has 4 nitrogen and oxygen atoms in total. The smallest absolute Gasteiger partial charge is 0.172 e. The van der Waals surface area contributed by atoms with Gasteiger partial charge in [0.1, 0.15) is 11.6 Å². The van der Waals surface area contributed by atoms with Crippen molar-refractivity contribution in [2.45, 2.75) is 13.0 Å². The van der Waals surface area contributed by atoms with Gasteiger partial charge in [-0.2, -0.15) is 0 Å². The summed E-state index contributed by atoms with van der Waals surface area (Å²) >= 11 is 5.30. The van der Waals surface area contributed by atoms with E-state index in [4.69, 9.17) is 22.7 Å². The standard InChI is InChI=1S/C21H21N3OS/c1-25-19-11-9-16(10-12-19)14-18-8-5-13-23-20(18)24(21(22)26)15-17-6-3-2-4-7-17/h2-13H,14-15H2,1H3,(H2,22,26). The minimum absolute atomic E-state index is 0.309. The van der Waals surface area contributed by atoms with E-state index in [-0.39, 0.29) is 0 Å². The van der Waals surface area contributed by atoms with Crippen LogP contribution in [-0.2, 0) is 13.0 Å². The van der Waals surface area contributed by atoms with Crippen molar-refractivity contribution in [1.82, 2.24) is 4.98 Å². The zero-order valence-corrected chi connectivity index (χ0v) is 15.4. The molecule has 0 atom stereocenters. The Labute approximate surface area is 159 Å². The fraction of sp³-hybridized carbons (Fsp3) is 0.143. The minimum atomic E-state index is 0.309. The van der Waals surface area contributed by atoms with Crippen LogP contribution in [0.1, 0.15) is 16.7 Å². The van der Waals surface area contributed by atoms with Gasteiger partial charge in [-0.3, -0.25) is 4.90 Å². The van der Waals surface area contributed by atoms with Gasteiger partial charge in [-0.15, -0.1) is 0 Å². The number of methoxy groups -OCH3 is 1. The van der Waals surface area contributed by atoms with Gasteiger partial charge in [0.25, 0.3) is 0 Å². The maximum atomic E-state index is 6.02. The largest absolute Gasteiger partial charge is 0.497 e. The van der Waals surface area contributed by atoms with Crippen LogP contribution >= 0.6 is 12.2 Å². The van der Waals surface area contributed by atoms with E-state index in [1.807, 2.05) is 41.3 Å². The molecule has 0 saturated carbocycles. The average molecular weight is 363 g/mol. The van der Waals surface area contributed by atoms with Crippen molar-refractivity contribution in [1.29, 1.82) is 0 Å². The van der Waals surface area contributed by atoms with Crippen molar-refractivity contribution in [3.05, 3.63) is 89.6 Å². The molecule has 0 amide bonds. The highest BCUT2D eigenvalue weighted by Gasteiger charge is 2.16. The first-order chi connectivity index (χ1) is 12.7. The van der Waals surface area contributed by atoms with Crippen LogP contribution < -0.4 is 15.4 Å². The molecule has 26 heavy (non-hydrogen) atoms. The number of pyridine rings is 1. The zero-order chi connectivity index (χ0) is 18.4. The Morgan fingerprint density at radius 2 is 1.73 bits per heavy atom. The molecule has 5 heteroatoms. The van der Waals surface area contributed by atoms with Gasteiger partial charge < -0.3 is 10.5 Å². The van der Waals surface area contributed by atoms with E-state index < -0.39 is 0 Å². The number of hydrogen-bond acceptors (Lipinski definition) is 3. The number of benzene rings is 2. The zero-order valence-electron chi connectivity index (χ0n) is 14.6. The third-order valence-corrected chi connectivity index (χ3v) is 4.35. The Morgan fingerprint density at radius 3 is 2.38 bits per heavy atom. The number of rotatable bonds is 6. The molecule has 0 aliphatic rings. The van der Waals surface area contributed by atoms with Crippen LogP contribution in [0.2, 0.25) is 0 Å². The lowest BCUT2D eigenvalue weighted by Gasteiger charge is -2.24. The Hall–Kier alpha value is -2.92. The van der Waals surface area contributed by atoms with E-state index in [9.17, 15) is 0 Å². The van der Waals surface area contributed by atoms with Gasteiger partial charge in [0.05, 0.1) is 13.7 Å². The highest BCUT2D eigenvalue weighted by atomic mass is 32.1. The van der Waals surface area contributed by atoms with Crippen molar-refractivity contribution in [3.63, 3.8) is 0 Å². The second-order valence-electron chi connectivity index (χ2n) is 5.92. The van der Waals surface area contributed by atoms with Crippen LogP contribution in [0, 0.1) is 0 Å².